The van der Waals surface area contributed by atoms with Gasteiger partial charge < -0.3 is 4.74 Å². The normalized spacial score (nSPS) is 10.1. The molecule has 1 rings (SSSR count). The maximum atomic E-state index is 10.6. The summed E-state index contributed by atoms with van der Waals surface area (Å²) in [6, 6.07) is 3.69. The predicted octanol–water partition coefficient (Wildman–Crippen LogP) is 3.89. The van der Waals surface area contributed by atoms with E-state index in [1.807, 2.05) is 12.1 Å². The van der Waals surface area contributed by atoms with Crippen molar-refractivity contribution in [3.63, 3.8) is 0 Å². The Labute approximate surface area is 117 Å². The molecule has 0 aliphatic carbocycles. The maximum Gasteiger partial charge on any atom is 0.150 e. The Morgan fingerprint density at radius 2 is 1.93 bits per heavy atom. The van der Waals surface area contributed by atoms with Crippen LogP contribution in [0.2, 0.25) is 0 Å². The van der Waals surface area contributed by atoms with Crippen LogP contribution in [-0.2, 0) is 0 Å². The summed E-state index contributed by atoms with van der Waals surface area (Å²) in [5.74, 6) is 0.898. The fraction of sp³-hybridized carbons (Fsp3) is 0.364. The van der Waals surface area contributed by atoms with Gasteiger partial charge in [-0.2, -0.15) is 0 Å². The van der Waals surface area contributed by atoms with Crippen LogP contribution in [-0.4, -0.2) is 12.9 Å². The van der Waals surface area contributed by atoms with E-state index in [4.69, 9.17) is 4.74 Å². The van der Waals surface area contributed by atoms with Crippen LogP contribution in [0.4, 0.5) is 0 Å². The molecule has 82 valence electrons. The largest absolute Gasteiger partial charge is 0.491 e. The second-order valence-corrected chi connectivity index (χ2v) is 5.46. The molecule has 0 amide bonds. The highest BCUT2D eigenvalue weighted by atomic mass is 127. The Balaban J connectivity index is 2.83. The highest BCUT2D eigenvalue weighted by Gasteiger charge is 2.08. The van der Waals surface area contributed by atoms with Crippen molar-refractivity contribution in [2.45, 2.75) is 19.8 Å². The molecule has 0 heterocycles. The summed E-state index contributed by atoms with van der Waals surface area (Å²) in [6.45, 7) is 2.87. The Bertz CT molecular complexity index is 327. The highest BCUT2D eigenvalue weighted by molar-refractivity contribution is 14.1. The molecule has 0 saturated carbocycles. The molecule has 1 aromatic rings. The molecule has 0 aromatic heterocycles. The van der Waals surface area contributed by atoms with Crippen molar-refractivity contribution in [2.75, 3.05) is 6.61 Å². The van der Waals surface area contributed by atoms with Gasteiger partial charge in [-0.1, -0.05) is 13.3 Å². The fourth-order valence-electron chi connectivity index (χ4n) is 1.10. The van der Waals surface area contributed by atoms with E-state index in [0.717, 1.165) is 38.6 Å². The topological polar surface area (TPSA) is 26.3 Å². The van der Waals surface area contributed by atoms with E-state index in [0.29, 0.717) is 5.56 Å². The van der Waals surface area contributed by atoms with Crippen molar-refractivity contribution in [3.8, 4) is 5.75 Å². The third-order valence-electron chi connectivity index (χ3n) is 1.90. The van der Waals surface area contributed by atoms with Crippen molar-refractivity contribution in [3.05, 3.63) is 24.8 Å². The molecule has 0 saturated heterocycles. The van der Waals surface area contributed by atoms with Gasteiger partial charge >= 0.3 is 0 Å². The fourth-order valence-corrected chi connectivity index (χ4v) is 3.23. The second kappa shape index (κ2) is 6.67. The second-order valence-electron chi connectivity index (χ2n) is 3.13. The van der Waals surface area contributed by atoms with Gasteiger partial charge in [-0.15, -0.1) is 0 Å². The molecule has 2 nitrogen and oxygen atoms in total. The molecule has 0 N–H and O–H groups in total. The molecule has 0 radical (unpaired) electrons. The molecule has 15 heavy (non-hydrogen) atoms. The van der Waals surface area contributed by atoms with E-state index >= 15 is 0 Å². The Morgan fingerprint density at radius 1 is 1.33 bits per heavy atom. The van der Waals surface area contributed by atoms with E-state index < -0.39 is 0 Å². The monoisotopic (exact) mass is 430 g/mol. The first-order chi connectivity index (χ1) is 7.19. The van der Waals surface area contributed by atoms with Crippen molar-refractivity contribution in [1.29, 1.82) is 0 Å². The van der Waals surface area contributed by atoms with Crippen LogP contribution < -0.4 is 4.74 Å². The van der Waals surface area contributed by atoms with Crippen LogP contribution in [0.1, 0.15) is 30.1 Å². The lowest BCUT2D eigenvalue weighted by atomic mass is 10.2. The van der Waals surface area contributed by atoms with E-state index in [-0.39, 0.29) is 0 Å². The molecular formula is C11H12I2O2. The van der Waals surface area contributed by atoms with Gasteiger partial charge in [0.15, 0.2) is 0 Å². The summed E-state index contributed by atoms with van der Waals surface area (Å²) >= 11 is 4.40. The molecule has 0 aliphatic rings. The summed E-state index contributed by atoms with van der Waals surface area (Å²) in [5.41, 5.74) is 0.701. The molecule has 0 fully saturated rings. The molecule has 0 atom stereocenters. The number of rotatable bonds is 5. The lowest BCUT2D eigenvalue weighted by Crippen LogP contribution is -2.01. The first-order valence-corrected chi connectivity index (χ1v) is 6.91. The van der Waals surface area contributed by atoms with E-state index in [1.165, 1.54) is 0 Å². The van der Waals surface area contributed by atoms with E-state index in [9.17, 15) is 4.79 Å². The van der Waals surface area contributed by atoms with Crippen LogP contribution >= 0.6 is 45.2 Å². The number of aldehydes is 1. The van der Waals surface area contributed by atoms with Gasteiger partial charge in [0.2, 0.25) is 0 Å². The number of ether oxygens (including phenoxy) is 1. The molecular weight excluding hydrogens is 418 g/mol. The average Bonchev–Trinajstić information content (AvgIpc) is 2.22. The number of carbonyl (C=O) groups excluding carboxylic acids is 1. The molecule has 0 aliphatic heterocycles. The molecule has 0 bridgehead atoms. The van der Waals surface area contributed by atoms with Gasteiger partial charge in [-0.3, -0.25) is 4.79 Å². The zero-order valence-corrected chi connectivity index (χ0v) is 12.7. The van der Waals surface area contributed by atoms with E-state index in [1.54, 1.807) is 0 Å². The summed E-state index contributed by atoms with van der Waals surface area (Å²) in [4.78, 5) is 10.6. The summed E-state index contributed by atoms with van der Waals surface area (Å²) in [6.07, 6.45) is 3.04. The minimum atomic E-state index is 0.701. The van der Waals surface area contributed by atoms with Gasteiger partial charge in [0.05, 0.1) is 13.7 Å². The highest BCUT2D eigenvalue weighted by Crippen LogP contribution is 2.28. The standard InChI is InChI=1S/C11H12I2O2/c1-2-3-4-15-11-9(12)5-8(7-14)6-10(11)13/h5-7H,2-4H2,1H3. The van der Waals surface area contributed by atoms with Crippen molar-refractivity contribution in [1.82, 2.24) is 0 Å². The number of carbonyl (C=O) groups is 1. The van der Waals surface area contributed by atoms with Gasteiger partial charge in [0.25, 0.3) is 0 Å². The van der Waals surface area contributed by atoms with Gasteiger partial charge in [0.1, 0.15) is 12.0 Å². The summed E-state index contributed by atoms with van der Waals surface area (Å²) < 4.78 is 7.67. The number of halogens is 2. The molecule has 4 heteroatoms. The van der Waals surface area contributed by atoms with Crippen molar-refractivity contribution < 1.29 is 9.53 Å². The first kappa shape index (κ1) is 13.2. The predicted molar refractivity (Wildman–Crippen MR) is 77.7 cm³/mol. The Hall–Kier alpha value is 0.150. The lowest BCUT2D eigenvalue weighted by Gasteiger charge is -2.10. The molecule has 1 aromatic carbocycles. The number of benzene rings is 1. The maximum absolute atomic E-state index is 10.6. The summed E-state index contributed by atoms with van der Waals surface area (Å²) in [7, 11) is 0. The van der Waals surface area contributed by atoms with Crippen LogP contribution in [0.15, 0.2) is 12.1 Å². The SMILES string of the molecule is CCCCOc1c(I)cc(C=O)cc1I. The van der Waals surface area contributed by atoms with Crippen LogP contribution in [0.5, 0.6) is 5.75 Å². The third kappa shape index (κ3) is 3.90. The molecule has 0 unspecified atom stereocenters. The van der Waals surface area contributed by atoms with Crippen LogP contribution in [0, 0.1) is 7.14 Å². The van der Waals surface area contributed by atoms with Crippen molar-refractivity contribution >= 4 is 51.5 Å². The van der Waals surface area contributed by atoms with E-state index in [2.05, 4.69) is 52.1 Å². The lowest BCUT2D eigenvalue weighted by molar-refractivity contribution is 0.112. The number of hydrogen-bond acceptors (Lipinski definition) is 2. The van der Waals surface area contributed by atoms with Crippen molar-refractivity contribution in [2.24, 2.45) is 0 Å². The third-order valence-corrected chi connectivity index (χ3v) is 3.50. The summed E-state index contributed by atoms with van der Waals surface area (Å²) in [5, 5.41) is 0. The number of unbranched alkanes of at least 4 members (excludes halogenated alkanes) is 1. The smallest absolute Gasteiger partial charge is 0.150 e. The van der Waals surface area contributed by atoms with Crippen LogP contribution in [0.3, 0.4) is 0 Å². The minimum absolute atomic E-state index is 0.701. The quantitative estimate of drug-likeness (QED) is 0.403. The number of hydrogen-bond donors (Lipinski definition) is 0. The first-order valence-electron chi connectivity index (χ1n) is 4.76. The minimum Gasteiger partial charge on any atom is -0.491 e. The molecule has 0 spiro atoms. The Morgan fingerprint density at radius 3 is 2.40 bits per heavy atom. The zero-order chi connectivity index (χ0) is 11.3. The Kier molecular flexibility index (Phi) is 5.88. The zero-order valence-electron chi connectivity index (χ0n) is 8.43. The van der Waals surface area contributed by atoms with Crippen LogP contribution in [0.25, 0.3) is 0 Å². The average molecular weight is 430 g/mol. The van der Waals surface area contributed by atoms with Gasteiger partial charge in [-0.25, -0.2) is 0 Å². The van der Waals surface area contributed by atoms with Gasteiger partial charge in [-0.05, 0) is 63.7 Å². The van der Waals surface area contributed by atoms with Gasteiger partial charge in [0, 0.05) is 5.56 Å².